The molecular formula is C52H35N3. The summed E-state index contributed by atoms with van der Waals surface area (Å²) in [6.45, 7) is 0. The summed E-state index contributed by atoms with van der Waals surface area (Å²) in [7, 11) is 0. The normalized spacial score (nSPS) is 12.5. The highest BCUT2D eigenvalue weighted by Gasteiger charge is 2.46. The van der Waals surface area contributed by atoms with Crippen LogP contribution in [0.25, 0.3) is 67.3 Å². The van der Waals surface area contributed by atoms with Gasteiger partial charge in [0.1, 0.15) is 0 Å². The van der Waals surface area contributed by atoms with Crippen molar-refractivity contribution in [1.82, 2.24) is 15.0 Å². The SMILES string of the molecule is c1ccc(-c2cccc(-c3nc(-c4cccnc4)cc(-c4cccc(-c5ccc6c(c5)C(c5ccccc5)(c5ccccc5)c5ccccc5-6)c4)n3)c2)cc1. The molecule has 1 aliphatic rings. The minimum atomic E-state index is -0.462. The summed E-state index contributed by atoms with van der Waals surface area (Å²) in [6, 6.07) is 71.5. The van der Waals surface area contributed by atoms with E-state index in [9.17, 15) is 0 Å². The zero-order valence-electron chi connectivity index (χ0n) is 30.0. The van der Waals surface area contributed by atoms with Crippen LogP contribution in [0.1, 0.15) is 22.3 Å². The Labute approximate surface area is 321 Å². The standard InChI is InChI=1S/C52H35N3/c1-4-15-36(16-5-1)37-17-13-20-41(32-37)51-54-49(34-50(55-51)42-21-14-30-53-35-42)40-19-12-18-38(31-40)39-28-29-46-45-26-10-11-27-47(45)52(48(46)33-39,43-22-6-2-7-23-43)44-24-8-3-9-25-44/h1-35H. The fourth-order valence-corrected chi connectivity index (χ4v) is 8.34. The second kappa shape index (κ2) is 13.6. The first-order valence-corrected chi connectivity index (χ1v) is 18.7. The highest BCUT2D eigenvalue weighted by Crippen LogP contribution is 2.56. The Hall–Kier alpha value is -7.23. The monoisotopic (exact) mass is 701 g/mol. The van der Waals surface area contributed by atoms with Gasteiger partial charge in [0.2, 0.25) is 0 Å². The lowest BCUT2D eigenvalue weighted by atomic mass is 9.67. The van der Waals surface area contributed by atoms with Crippen LogP contribution in [-0.2, 0) is 5.41 Å². The fourth-order valence-electron chi connectivity index (χ4n) is 8.34. The Bertz CT molecular complexity index is 2760. The van der Waals surface area contributed by atoms with Gasteiger partial charge in [-0.05, 0) is 92.0 Å². The second-order valence-corrected chi connectivity index (χ2v) is 14.0. The zero-order chi connectivity index (χ0) is 36.6. The number of pyridine rings is 1. The molecular weight excluding hydrogens is 667 g/mol. The van der Waals surface area contributed by atoms with Gasteiger partial charge in [-0.25, -0.2) is 9.97 Å². The van der Waals surface area contributed by atoms with E-state index in [1.807, 2.05) is 24.4 Å². The summed E-state index contributed by atoms with van der Waals surface area (Å²) < 4.78 is 0. The van der Waals surface area contributed by atoms with Gasteiger partial charge in [-0.15, -0.1) is 0 Å². The van der Waals surface area contributed by atoms with Gasteiger partial charge in [-0.1, -0.05) is 164 Å². The maximum Gasteiger partial charge on any atom is 0.160 e. The van der Waals surface area contributed by atoms with E-state index in [0.717, 1.165) is 50.3 Å². The van der Waals surface area contributed by atoms with Crippen molar-refractivity contribution in [1.29, 1.82) is 0 Å². The van der Waals surface area contributed by atoms with Crippen LogP contribution >= 0.6 is 0 Å². The zero-order valence-corrected chi connectivity index (χ0v) is 30.0. The van der Waals surface area contributed by atoms with Gasteiger partial charge in [0.05, 0.1) is 16.8 Å². The van der Waals surface area contributed by atoms with Crippen molar-refractivity contribution in [2.75, 3.05) is 0 Å². The third-order valence-corrected chi connectivity index (χ3v) is 10.9. The molecule has 0 aliphatic heterocycles. The van der Waals surface area contributed by atoms with Crippen molar-refractivity contribution >= 4 is 0 Å². The molecule has 0 amide bonds. The molecule has 0 radical (unpaired) electrons. The van der Waals surface area contributed by atoms with E-state index in [1.165, 1.54) is 33.4 Å². The molecule has 2 heterocycles. The first-order chi connectivity index (χ1) is 27.3. The molecule has 55 heavy (non-hydrogen) atoms. The predicted octanol–water partition coefficient (Wildman–Crippen LogP) is 12.6. The summed E-state index contributed by atoms with van der Waals surface area (Å²) in [4.78, 5) is 14.7. The third-order valence-electron chi connectivity index (χ3n) is 10.9. The van der Waals surface area contributed by atoms with Crippen molar-refractivity contribution in [3.63, 3.8) is 0 Å². The summed E-state index contributed by atoms with van der Waals surface area (Å²) in [5.41, 5.74) is 16.3. The topological polar surface area (TPSA) is 38.7 Å². The molecule has 0 N–H and O–H groups in total. The largest absolute Gasteiger partial charge is 0.264 e. The molecule has 3 nitrogen and oxygen atoms in total. The fraction of sp³-hybridized carbons (Fsp3) is 0.0192. The molecule has 0 atom stereocenters. The number of benzene rings is 7. The summed E-state index contributed by atoms with van der Waals surface area (Å²) >= 11 is 0. The maximum atomic E-state index is 5.22. The molecule has 3 heteroatoms. The van der Waals surface area contributed by atoms with Gasteiger partial charge >= 0.3 is 0 Å². The van der Waals surface area contributed by atoms with Gasteiger partial charge in [0.25, 0.3) is 0 Å². The molecule has 0 saturated carbocycles. The maximum absolute atomic E-state index is 5.22. The predicted molar refractivity (Wildman–Crippen MR) is 224 cm³/mol. The average Bonchev–Trinajstić information content (AvgIpc) is 3.58. The van der Waals surface area contributed by atoms with E-state index in [-0.39, 0.29) is 0 Å². The molecule has 1 aliphatic carbocycles. The van der Waals surface area contributed by atoms with E-state index in [0.29, 0.717) is 5.82 Å². The van der Waals surface area contributed by atoms with E-state index < -0.39 is 5.41 Å². The van der Waals surface area contributed by atoms with Gasteiger partial charge in [-0.2, -0.15) is 0 Å². The lowest BCUT2D eigenvalue weighted by molar-refractivity contribution is 0.769. The van der Waals surface area contributed by atoms with Crippen LogP contribution < -0.4 is 0 Å². The summed E-state index contributed by atoms with van der Waals surface area (Å²) in [5, 5.41) is 0. The Morgan fingerprint density at radius 1 is 0.327 bits per heavy atom. The van der Waals surface area contributed by atoms with Gasteiger partial charge in [-0.3, -0.25) is 4.98 Å². The first kappa shape index (κ1) is 32.4. The number of hydrogen-bond donors (Lipinski definition) is 0. The van der Waals surface area contributed by atoms with E-state index in [1.54, 1.807) is 6.20 Å². The number of nitrogens with zero attached hydrogens (tertiary/aromatic N) is 3. The Morgan fingerprint density at radius 3 is 1.56 bits per heavy atom. The molecule has 0 bridgehead atoms. The van der Waals surface area contributed by atoms with Gasteiger partial charge in [0.15, 0.2) is 5.82 Å². The van der Waals surface area contributed by atoms with Crippen LogP contribution in [0.2, 0.25) is 0 Å². The molecule has 10 rings (SSSR count). The van der Waals surface area contributed by atoms with E-state index >= 15 is 0 Å². The summed E-state index contributed by atoms with van der Waals surface area (Å²) in [6.07, 6.45) is 3.65. The molecule has 9 aromatic rings. The van der Waals surface area contributed by atoms with Crippen LogP contribution in [0.15, 0.2) is 213 Å². The number of hydrogen-bond acceptors (Lipinski definition) is 3. The molecule has 0 unspecified atom stereocenters. The second-order valence-electron chi connectivity index (χ2n) is 14.0. The minimum absolute atomic E-state index is 0.462. The molecule has 258 valence electrons. The van der Waals surface area contributed by atoms with Crippen molar-refractivity contribution in [3.05, 3.63) is 235 Å². The molecule has 0 saturated heterocycles. The van der Waals surface area contributed by atoms with Gasteiger partial charge in [0, 0.05) is 29.1 Å². The Kier molecular flexibility index (Phi) is 8.04. The third kappa shape index (κ3) is 5.65. The van der Waals surface area contributed by atoms with Crippen molar-refractivity contribution in [3.8, 4) is 67.3 Å². The highest BCUT2D eigenvalue weighted by atomic mass is 14.9. The highest BCUT2D eigenvalue weighted by molar-refractivity contribution is 5.89. The number of rotatable bonds is 7. The smallest absolute Gasteiger partial charge is 0.160 e. The van der Waals surface area contributed by atoms with Crippen molar-refractivity contribution in [2.24, 2.45) is 0 Å². The summed E-state index contributed by atoms with van der Waals surface area (Å²) in [5.74, 6) is 0.672. The minimum Gasteiger partial charge on any atom is -0.264 e. The van der Waals surface area contributed by atoms with E-state index in [4.69, 9.17) is 9.97 Å². The van der Waals surface area contributed by atoms with Gasteiger partial charge < -0.3 is 0 Å². The lowest BCUT2D eigenvalue weighted by Gasteiger charge is -2.34. The Morgan fingerprint density at radius 2 is 0.855 bits per heavy atom. The van der Waals surface area contributed by atoms with Crippen LogP contribution in [0.5, 0.6) is 0 Å². The molecule has 0 fully saturated rings. The van der Waals surface area contributed by atoms with Crippen LogP contribution in [0, 0.1) is 0 Å². The quantitative estimate of drug-likeness (QED) is 0.166. The molecule has 0 spiro atoms. The number of aromatic nitrogens is 3. The van der Waals surface area contributed by atoms with Crippen LogP contribution in [0.4, 0.5) is 0 Å². The van der Waals surface area contributed by atoms with E-state index in [2.05, 4.69) is 187 Å². The van der Waals surface area contributed by atoms with Crippen molar-refractivity contribution < 1.29 is 0 Å². The van der Waals surface area contributed by atoms with Crippen LogP contribution in [-0.4, -0.2) is 15.0 Å². The number of fused-ring (bicyclic) bond motifs is 3. The average molecular weight is 702 g/mol. The lowest BCUT2D eigenvalue weighted by Crippen LogP contribution is -2.28. The van der Waals surface area contributed by atoms with Crippen molar-refractivity contribution in [2.45, 2.75) is 5.41 Å². The Balaban J connectivity index is 1.12. The molecule has 2 aromatic heterocycles. The first-order valence-electron chi connectivity index (χ1n) is 18.7. The molecule has 7 aromatic carbocycles. The van der Waals surface area contributed by atoms with Crippen LogP contribution in [0.3, 0.4) is 0 Å².